The fourth-order valence-electron chi connectivity index (χ4n) is 0.325. The van der Waals surface area contributed by atoms with Crippen LogP contribution >= 0.6 is 0 Å². The third-order valence-electron chi connectivity index (χ3n) is 0.837. The average molecular weight is 112 g/mol. The van der Waals surface area contributed by atoms with Crippen LogP contribution in [0.15, 0.2) is 23.5 Å². The second-order valence-electron chi connectivity index (χ2n) is 1.89. The van der Waals surface area contributed by atoms with Gasteiger partial charge in [0.05, 0.1) is 0 Å². The molecule has 0 unspecified atom stereocenters. The minimum atomic E-state index is 0.368. The first-order valence-corrected chi connectivity index (χ1v) is 2.67. The monoisotopic (exact) mass is 112 g/mol. The normalized spacial score (nSPS) is 9.88. The van der Waals surface area contributed by atoms with Gasteiger partial charge in [0, 0.05) is 0 Å². The zero-order valence-corrected chi connectivity index (χ0v) is 5.60. The highest BCUT2D eigenvalue weighted by Crippen LogP contribution is 1.98. The van der Waals surface area contributed by atoms with Gasteiger partial charge in [-0.15, -0.1) is 0 Å². The molecule has 0 aromatic carbocycles. The molecule has 0 bridgehead atoms. The smallest absolute Gasteiger partial charge is 0.113 e. The van der Waals surface area contributed by atoms with Crippen molar-refractivity contribution in [1.82, 2.24) is 0 Å². The first kappa shape index (κ1) is 7.28. The maximum atomic E-state index is 8.92. The molecule has 0 aliphatic rings. The summed E-state index contributed by atoms with van der Waals surface area (Å²) in [6.07, 6.45) is 3.48. The van der Waals surface area contributed by atoms with Crippen molar-refractivity contribution in [2.45, 2.75) is 20.8 Å². The van der Waals surface area contributed by atoms with Crippen LogP contribution in [0.25, 0.3) is 0 Å². The zero-order valence-electron chi connectivity index (χ0n) is 5.60. The minimum Gasteiger partial charge on any atom is -0.508 e. The Kier molecular flexibility index (Phi) is 3.01. The van der Waals surface area contributed by atoms with E-state index in [0.717, 1.165) is 5.57 Å². The lowest BCUT2D eigenvalue weighted by atomic mass is 10.3. The van der Waals surface area contributed by atoms with E-state index in [1.54, 1.807) is 6.08 Å². The highest BCUT2D eigenvalue weighted by atomic mass is 16.3. The summed E-state index contributed by atoms with van der Waals surface area (Å²) in [6.45, 7) is 5.61. The first-order chi connectivity index (χ1) is 3.68. The number of aliphatic hydroxyl groups is 1. The van der Waals surface area contributed by atoms with E-state index in [1.165, 1.54) is 0 Å². The summed E-state index contributed by atoms with van der Waals surface area (Å²) in [7, 11) is 0. The van der Waals surface area contributed by atoms with E-state index in [-0.39, 0.29) is 0 Å². The summed E-state index contributed by atoms with van der Waals surface area (Å²) in [5.74, 6) is 0.368. The Morgan fingerprint density at radius 3 is 2.00 bits per heavy atom. The van der Waals surface area contributed by atoms with Gasteiger partial charge in [0.2, 0.25) is 0 Å². The third-order valence-corrected chi connectivity index (χ3v) is 0.837. The van der Waals surface area contributed by atoms with Crippen molar-refractivity contribution in [2.24, 2.45) is 0 Å². The molecule has 0 aliphatic carbocycles. The SMILES string of the molecule is C/C=C\C(O)=C(C)C. The van der Waals surface area contributed by atoms with E-state index in [0.29, 0.717) is 5.76 Å². The van der Waals surface area contributed by atoms with Gasteiger partial charge in [-0.3, -0.25) is 0 Å². The van der Waals surface area contributed by atoms with Crippen LogP contribution in [0.4, 0.5) is 0 Å². The lowest BCUT2D eigenvalue weighted by molar-refractivity contribution is 0.425. The second kappa shape index (κ2) is 3.30. The molecule has 0 atom stereocenters. The van der Waals surface area contributed by atoms with Crippen LogP contribution in [0, 0.1) is 0 Å². The number of hydrogen-bond acceptors (Lipinski definition) is 1. The molecule has 0 aromatic heterocycles. The molecule has 46 valence electrons. The lowest BCUT2D eigenvalue weighted by Gasteiger charge is -1.90. The van der Waals surface area contributed by atoms with Crippen molar-refractivity contribution in [1.29, 1.82) is 0 Å². The highest BCUT2D eigenvalue weighted by Gasteiger charge is 1.84. The van der Waals surface area contributed by atoms with E-state index >= 15 is 0 Å². The summed E-state index contributed by atoms with van der Waals surface area (Å²) in [6, 6.07) is 0. The van der Waals surface area contributed by atoms with E-state index in [9.17, 15) is 0 Å². The lowest BCUT2D eigenvalue weighted by Crippen LogP contribution is -1.75. The van der Waals surface area contributed by atoms with Gasteiger partial charge in [-0.25, -0.2) is 0 Å². The molecule has 1 nitrogen and oxygen atoms in total. The Labute approximate surface area is 50.3 Å². The molecule has 0 rings (SSSR count). The molecule has 8 heavy (non-hydrogen) atoms. The first-order valence-electron chi connectivity index (χ1n) is 2.67. The van der Waals surface area contributed by atoms with Crippen LogP contribution in [0.2, 0.25) is 0 Å². The molecule has 1 heteroatoms. The maximum absolute atomic E-state index is 8.92. The van der Waals surface area contributed by atoms with Gasteiger partial charge in [0.1, 0.15) is 5.76 Å². The van der Waals surface area contributed by atoms with Gasteiger partial charge in [0.25, 0.3) is 0 Å². The molecule has 0 spiro atoms. The topological polar surface area (TPSA) is 20.2 Å². The largest absolute Gasteiger partial charge is 0.508 e. The number of hydrogen-bond donors (Lipinski definition) is 1. The van der Waals surface area contributed by atoms with E-state index < -0.39 is 0 Å². The van der Waals surface area contributed by atoms with Crippen LogP contribution < -0.4 is 0 Å². The highest BCUT2D eigenvalue weighted by molar-refractivity contribution is 5.14. The molecule has 0 saturated carbocycles. The Morgan fingerprint density at radius 2 is 1.88 bits per heavy atom. The standard InChI is InChI=1S/C7H12O/c1-4-5-7(8)6(2)3/h4-5,8H,1-3H3/b5-4-. The third kappa shape index (κ3) is 2.45. The Morgan fingerprint density at radius 1 is 1.38 bits per heavy atom. The average Bonchev–Trinajstić information content (AvgIpc) is 1.67. The zero-order chi connectivity index (χ0) is 6.57. The number of allylic oxidation sites excluding steroid dienone is 3. The fourth-order valence-corrected chi connectivity index (χ4v) is 0.325. The molecule has 0 heterocycles. The summed E-state index contributed by atoms with van der Waals surface area (Å²) >= 11 is 0. The van der Waals surface area contributed by atoms with E-state index in [1.807, 2.05) is 26.8 Å². The van der Waals surface area contributed by atoms with Crippen LogP contribution in [-0.2, 0) is 0 Å². The van der Waals surface area contributed by atoms with Crippen molar-refractivity contribution >= 4 is 0 Å². The van der Waals surface area contributed by atoms with Crippen molar-refractivity contribution in [3.05, 3.63) is 23.5 Å². The Balaban J connectivity index is 4.00. The maximum Gasteiger partial charge on any atom is 0.113 e. The predicted molar refractivity (Wildman–Crippen MR) is 35.8 cm³/mol. The second-order valence-corrected chi connectivity index (χ2v) is 1.89. The number of aliphatic hydroxyl groups excluding tert-OH is 1. The quantitative estimate of drug-likeness (QED) is 0.408. The summed E-state index contributed by atoms with van der Waals surface area (Å²) in [5.41, 5.74) is 0.947. The van der Waals surface area contributed by atoms with Gasteiger partial charge in [-0.05, 0) is 32.4 Å². The van der Waals surface area contributed by atoms with Gasteiger partial charge in [-0.1, -0.05) is 6.08 Å². The summed E-state index contributed by atoms with van der Waals surface area (Å²) < 4.78 is 0. The van der Waals surface area contributed by atoms with Gasteiger partial charge in [0.15, 0.2) is 0 Å². The summed E-state index contributed by atoms with van der Waals surface area (Å²) in [4.78, 5) is 0. The predicted octanol–water partition coefficient (Wildman–Crippen LogP) is 2.41. The van der Waals surface area contributed by atoms with Crippen LogP contribution in [0.5, 0.6) is 0 Å². The molecule has 0 radical (unpaired) electrons. The van der Waals surface area contributed by atoms with Crippen molar-refractivity contribution in [3.63, 3.8) is 0 Å². The van der Waals surface area contributed by atoms with Crippen molar-refractivity contribution in [2.75, 3.05) is 0 Å². The van der Waals surface area contributed by atoms with Crippen molar-refractivity contribution in [3.8, 4) is 0 Å². The molecule has 0 saturated heterocycles. The molecular formula is C7H12O. The van der Waals surface area contributed by atoms with E-state index in [2.05, 4.69) is 0 Å². The van der Waals surface area contributed by atoms with Gasteiger partial charge < -0.3 is 5.11 Å². The van der Waals surface area contributed by atoms with Crippen molar-refractivity contribution < 1.29 is 5.11 Å². The van der Waals surface area contributed by atoms with Gasteiger partial charge in [-0.2, -0.15) is 0 Å². The number of rotatable bonds is 1. The Bertz CT molecular complexity index is 116. The molecule has 0 fully saturated rings. The molecule has 0 aliphatic heterocycles. The van der Waals surface area contributed by atoms with Crippen LogP contribution in [0.1, 0.15) is 20.8 Å². The van der Waals surface area contributed by atoms with Crippen LogP contribution in [0.3, 0.4) is 0 Å². The molecule has 0 aromatic rings. The van der Waals surface area contributed by atoms with Gasteiger partial charge >= 0.3 is 0 Å². The Hall–Kier alpha value is -0.720. The molecular weight excluding hydrogens is 100 g/mol. The fraction of sp³-hybridized carbons (Fsp3) is 0.429. The van der Waals surface area contributed by atoms with E-state index in [4.69, 9.17) is 5.11 Å². The molecule has 1 N–H and O–H groups in total. The molecule has 0 amide bonds. The minimum absolute atomic E-state index is 0.368. The van der Waals surface area contributed by atoms with Crippen LogP contribution in [-0.4, -0.2) is 5.11 Å². The summed E-state index contributed by atoms with van der Waals surface area (Å²) in [5, 5.41) is 8.92.